The Kier molecular flexibility index (Phi) is 9.42. The number of nitrogens with zero attached hydrogens (tertiary/aromatic N) is 2. The number of benzene rings is 2. The Morgan fingerprint density at radius 1 is 0.667 bits per heavy atom. The molecule has 6 nitrogen and oxygen atoms in total. The predicted molar refractivity (Wildman–Crippen MR) is 124 cm³/mol. The highest BCUT2D eigenvalue weighted by Crippen LogP contribution is 2.17. The number of aliphatic hydroxyl groups excluding tert-OH is 2. The van der Waals surface area contributed by atoms with E-state index in [2.05, 4.69) is 41.7 Å². The van der Waals surface area contributed by atoms with E-state index in [9.17, 15) is 10.2 Å². The van der Waals surface area contributed by atoms with Gasteiger partial charge in [-0.2, -0.15) is 0 Å². The van der Waals surface area contributed by atoms with Crippen molar-refractivity contribution >= 4 is 31.9 Å². The van der Waals surface area contributed by atoms with E-state index in [1.165, 1.54) is 0 Å². The SMILES string of the molecule is O[C@H](COc1ccc(Br)cc1)CN1CCN(C[C@H](O)COc2ccc(Br)cc2)CC1. The molecular formula is C22H28Br2N2O4. The average molecular weight is 544 g/mol. The maximum absolute atomic E-state index is 10.3. The minimum atomic E-state index is -0.537. The van der Waals surface area contributed by atoms with E-state index >= 15 is 0 Å². The smallest absolute Gasteiger partial charge is 0.119 e. The monoisotopic (exact) mass is 542 g/mol. The molecule has 0 spiro atoms. The summed E-state index contributed by atoms with van der Waals surface area (Å²) in [5.41, 5.74) is 0. The number of aliphatic hydroxyl groups is 2. The first-order valence-corrected chi connectivity index (χ1v) is 11.6. The normalized spacial score (nSPS) is 17.5. The Labute approximate surface area is 194 Å². The third-order valence-electron chi connectivity index (χ3n) is 4.91. The Bertz CT molecular complexity index is 687. The van der Waals surface area contributed by atoms with E-state index in [0.717, 1.165) is 46.6 Å². The van der Waals surface area contributed by atoms with Gasteiger partial charge >= 0.3 is 0 Å². The van der Waals surface area contributed by atoms with Crippen LogP contribution in [0.25, 0.3) is 0 Å². The van der Waals surface area contributed by atoms with E-state index in [-0.39, 0.29) is 13.2 Å². The van der Waals surface area contributed by atoms with Crippen molar-refractivity contribution in [1.82, 2.24) is 9.80 Å². The second-order valence-electron chi connectivity index (χ2n) is 7.44. The molecule has 3 rings (SSSR count). The van der Waals surface area contributed by atoms with Gasteiger partial charge in [-0.1, -0.05) is 31.9 Å². The molecule has 2 aromatic carbocycles. The molecule has 1 heterocycles. The summed E-state index contributed by atoms with van der Waals surface area (Å²) in [5.74, 6) is 1.50. The topological polar surface area (TPSA) is 65.4 Å². The van der Waals surface area contributed by atoms with Crippen LogP contribution in [0.15, 0.2) is 57.5 Å². The van der Waals surface area contributed by atoms with Crippen molar-refractivity contribution in [3.8, 4) is 11.5 Å². The Hall–Kier alpha value is -1.16. The minimum Gasteiger partial charge on any atom is -0.491 e. The van der Waals surface area contributed by atoms with Crippen molar-refractivity contribution < 1.29 is 19.7 Å². The van der Waals surface area contributed by atoms with Crippen molar-refractivity contribution in [3.63, 3.8) is 0 Å². The maximum atomic E-state index is 10.3. The van der Waals surface area contributed by atoms with Gasteiger partial charge in [0.25, 0.3) is 0 Å². The van der Waals surface area contributed by atoms with Crippen molar-refractivity contribution in [2.75, 3.05) is 52.5 Å². The van der Waals surface area contributed by atoms with Gasteiger partial charge in [-0.3, -0.25) is 9.80 Å². The van der Waals surface area contributed by atoms with Crippen molar-refractivity contribution in [2.24, 2.45) is 0 Å². The summed E-state index contributed by atoms with van der Waals surface area (Å²) < 4.78 is 13.3. The van der Waals surface area contributed by atoms with Crippen molar-refractivity contribution in [2.45, 2.75) is 12.2 Å². The molecular weight excluding hydrogens is 516 g/mol. The van der Waals surface area contributed by atoms with E-state index in [1.54, 1.807) is 0 Å². The van der Waals surface area contributed by atoms with Crippen LogP contribution in [0.5, 0.6) is 11.5 Å². The molecule has 0 saturated carbocycles. The summed E-state index contributed by atoms with van der Waals surface area (Å²) in [6, 6.07) is 15.2. The largest absolute Gasteiger partial charge is 0.491 e. The van der Waals surface area contributed by atoms with Gasteiger partial charge in [-0.05, 0) is 48.5 Å². The Morgan fingerprint density at radius 2 is 1.00 bits per heavy atom. The van der Waals surface area contributed by atoms with Crippen molar-refractivity contribution in [1.29, 1.82) is 0 Å². The van der Waals surface area contributed by atoms with Gasteiger partial charge in [0.15, 0.2) is 0 Å². The van der Waals surface area contributed by atoms with Crippen molar-refractivity contribution in [3.05, 3.63) is 57.5 Å². The number of β-amino-alcohol motifs (C(OH)–C–C–N with tert-alkyl or cyclic N) is 2. The summed E-state index contributed by atoms with van der Waals surface area (Å²) in [5, 5.41) is 20.5. The fourth-order valence-electron chi connectivity index (χ4n) is 3.30. The molecule has 0 bridgehead atoms. The lowest BCUT2D eigenvalue weighted by Crippen LogP contribution is -2.51. The third kappa shape index (κ3) is 8.17. The molecule has 0 amide bonds. The predicted octanol–water partition coefficient (Wildman–Crippen LogP) is 3.01. The zero-order chi connectivity index (χ0) is 21.3. The lowest BCUT2D eigenvalue weighted by atomic mass is 10.2. The molecule has 1 fully saturated rings. The molecule has 8 heteroatoms. The Morgan fingerprint density at radius 3 is 1.33 bits per heavy atom. The highest BCUT2D eigenvalue weighted by molar-refractivity contribution is 9.10. The molecule has 0 aromatic heterocycles. The van der Waals surface area contributed by atoms with Gasteiger partial charge in [-0.25, -0.2) is 0 Å². The minimum absolute atomic E-state index is 0.272. The lowest BCUT2D eigenvalue weighted by molar-refractivity contribution is 0.0240. The van der Waals surface area contributed by atoms with E-state index in [1.807, 2.05) is 48.5 Å². The summed E-state index contributed by atoms with van der Waals surface area (Å²) in [7, 11) is 0. The molecule has 2 atom stereocenters. The summed E-state index contributed by atoms with van der Waals surface area (Å²) in [6.45, 7) is 5.14. The van der Waals surface area contributed by atoms with Crippen LogP contribution in [0.3, 0.4) is 0 Å². The highest BCUT2D eigenvalue weighted by Gasteiger charge is 2.21. The average Bonchev–Trinajstić information content (AvgIpc) is 2.74. The quantitative estimate of drug-likeness (QED) is 0.480. The second kappa shape index (κ2) is 12.0. The standard InChI is InChI=1S/C22H28Br2N2O4/c23-17-1-5-21(6-2-17)29-15-19(27)13-25-9-11-26(12-10-25)14-20(28)16-30-22-7-3-18(24)4-8-22/h1-8,19-20,27-28H,9-16H2/t19-,20-/m0/s1. The molecule has 2 N–H and O–H groups in total. The summed E-state index contributed by atoms with van der Waals surface area (Å²) in [6.07, 6.45) is -1.07. The zero-order valence-electron chi connectivity index (χ0n) is 16.8. The number of piperazine rings is 1. The first kappa shape index (κ1) is 23.5. The molecule has 30 heavy (non-hydrogen) atoms. The molecule has 1 aliphatic rings. The van der Waals surface area contributed by atoms with Crippen LogP contribution < -0.4 is 9.47 Å². The number of halogens is 2. The van der Waals surface area contributed by atoms with Crippen LogP contribution in [0, 0.1) is 0 Å². The third-order valence-corrected chi connectivity index (χ3v) is 5.97. The van der Waals surface area contributed by atoms with Gasteiger partial charge in [0.2, 0.25) is 0 Å². The molecule has 0 radical (unpaired) electrons. The fourth-order valence-corrected chi connectivity index (χ4v) is 3.83. The Balaban J connectivity index is 1.30. The van der Waals surface area contributed by atoms with Crippen LogP contribution >= 0.6 is 31.9 Å². The van der Waals surface area contributed by atoms with Gasteiger partial charge in [0, 0.05) is 48.2 Å². The van der Waals surface area contributed by atoms with Gasteiger partial charge in [-0.15, -0.1) is 0 Å². The molecule has 1 aliphatic heterocycles. The molecule has 164 valence electrons. The van der Waals surface area contributed by atoms with Crippen LogP contribution in [0.2, 0.25) is 0 Å². The van der Waals surface area contributed by atoms with Crippen LogP contribution in [-0.4, -0.2) is 84.7 Å². The van der Waals surface area contributed by atoms with Crippen LogP contribution in [0.1, 0.15) is 0 Å². The number of rotatable bonds is 10. The maximum Gasteiger partial charge on any atom is 0.119 e. The van der Waals surface area contributed by atoms with Gasteiger partial charge in [0.1, 0.15) is 36.9 Å². The molecule has 0 unspecified atom stereocenters. The summed E-state index contributed by atoms with van der Waals surface area (Å²) >= 11 is 6.79. The second-order valence-corrected chi connectivity index (χ2v) is 9.27. The zero-order valence-corrected chi connectivity index (χ0v) is 20.0. The summed E-state index contributed by atoms with van der Waals surface area (Å²) in [4.78, 5) is 4.47. The van der Waals surface area contributed by atoms with Crippen LogP contribution in [0.4, 0.5) is 0 Å². The first-order chi connectivity index (χ1) is 14.5. The van der Waals surface area contributed by atoms with E-state index in [0.29, 0.717) is 13.1 Å². The molecule has 1 saturated heterocycles. The van der Waals surface area contributed by atoms with Gasteiger partial charge < -0.3 is 19.7 Å². The lowest BCUT2D eigenvalue weighted by Gasteiger charge is -2.36. The van der Waals surface area contributed by atoms with Crippen LogP contribution in [-0.2, 0) is 0 Å². The number of hydrogen-bond acceptors (Lipinski definition) is 6. The molecule has 0 aliphatic carbocycles. The fraction of sp³-hybridized carbons (Fsp3) is 0.455. The first-order valence-electron chi connectivity index (χ1n) is 10.1. The van der Waals surface area contributed by atoms with Gasteiger partial charge in [0.05, 0.1) is 0 Å². The molecule has 2 aromatic rings. The van der Waals surface area contributed by atoms with E-state index < -0.39 is 12.2 Å². The number of ether oxygens (including phenoxy) is 2. The highest BCUT2D eigenvalue weighted by atomic mass is 79.9. The van der Waals surface area contributed by atoms with E-state index in [4.69, 9.17) is 9.47 Å². The number of hydrogen-bond donors (Lipinski definition) is 2.